The van der Waals surface area contributed by atoms with Crippen molar-refractivity contribution < 1.29 is 27.6 Å². The largest absolute Gasteiger partial charge is 0.440 e. The Morgan fingerprint density at radius 2 is 1.88 bits per heavy atom. The van der Waals surface area contributed by atoms with Gasteiger partial charge in [-0.3, -0.25) is 19.8 Å². The molecule has 1 heterocycles. The molecule has 1 fully saturated rings. The van der Waals surface area contributed by atoms with Crippen LogP contribution in [0.5, 0.6) is 0 Å². The number of benzene rings is 1. The molecule has 1 aromatic rings. The molecule has 0 aromatic heterocycles. The monoisotopic (exact) mass is 357 g/mol. The van der Waals surface area contributed by atoms with Crippen molar-refractivity contribution in [1.29, 1.82) is 0 Å². The fourth-order valence-corrected chi connectivity index (χ4v) is 2.44. The number of carbonyl (C=O) groups is 3. The highest BCUT2D eigenvalue weighted by Gasteiger charge is 2.68. The molecular weight excluding hydrogens is 339 g/mol. The molecule has 1 aromatic carbocycles. The second-order valence-corrected chi connectivity index (χ2v) is 5.71. The summed E-state index contributed by atoms with van der Waals surface area (Å²) in [6.45, 7) is 1.45. The molecule has 0 spiro atoms. The lowest BCUT2D eigenvalue weighted by Gasteiger charge is -2.29. The SMILES string of the molecule is CCCCC(=O)N[C@@]1(C(F)(F)F)NC(=O)N(Cc2ccccc2)C1=O. The number of unbranched alkanes of at least 4 members (excludes halogenated alkanes) is 1. The first-order valence-electron chi connectivity index (χ1n) is 7.77. The molecule has 1 aliphatic rings. The molecule has 1 atom stereocenters. The maximum absolute atomic E-state index is 13.6. The second-order valence-electron chi connectivity index (χ2n) is 5.71. The number of hydrogen-bond donors (Lipinski definition) is 2. The van der Waals surface area contributed by atoms with E-state index in [1.165, 1.54) is 0 Å². The lowest BCUT2D eigenvalue weighted by molar-refractivity contribution is -0.204. The lowest BCUT2D eigenvalue weighted by atomic mass is 10.1. The first-order valence-corrected chi connectivity index (χ1v) is 7.77. The van der Waals surface area contributed by atoms with Gasteiger partial charge in [-0.25, -0.2) is 4.79 Å². The average molecular weight is 357 g/mol. The standard InChI is InChI=1S/C16H18F3N3O3/c1-2-3-9-12(23)20-15(16(17,18)19)13(24)22(14(25)21-15)10-11-7-5-4-6-8-11/h4-8H,2-3,9-10H2,1H3,(H,20,23)(H,21,25)/t15-/m1/s1. The van der Waals surface area contributed by atoms with Crippen molar-refractivity contribution in [1.82, 2.24) is 15.5 Å². The van der Waals surface area contributed by atoms with Crippen LogP contribution in [-0.4, -0.2) is 34.6 Å². The molecule has 1 aliphatic heterocycles. The number of hydrogen-bond acceptors (Lipinski definition) is 3. The summed E-state index contributed by atoms with van der Waals surface area (Å²) in [4.78, 5) is 36.6. The maximum Gasteiger partial charge on any atom is 0.440 e. The predicted octanol–water partition coefficient (Wildman–Crippen LogP) is 2.30. The highest BCUT2D eigenvalue weighted by Crippen LogP contribution is 2.34. The average Bonchev–Trinajstić information content (AvgIpc) is 2.79. The number of nitrogens with zero attached hydrogens (tertiary/aromatic N) is 1. The van der Waals surface area contributed by atoms with Gasteiger partial charge in [-0.05, 0) is 12.0 Å². The molecule has 4 amide bonds. The summed E-state index contributed by atoms with van der Waals surface area (Å²) in [5.74, 6) is -2.49. The van der Waals surface area contributed by atoms with E-state index < -0.39 is 29.7 Å². The summed E-state index contributed by atoms with van der Waals surface area (Å²) in [6.07, 6.45) is -4.37. The van der Waals surface area contributed by atoms with Gasteiger partial charge in [0.15, 0.2) is 0 Å². The summed E-state index contributed by atoms with van der Waals surface area (Å²) < 4.78 is 40.7. The van der Waals surface area contributed by atoms with E-state index in [0.29, 0.717) is 23.3 Å². The Bertz CT molecular complexity index is 664. The highest BCUT2D eigenvalue weighted by molar-refractivity contribution is 6.08. The molecule has 1 saturated heterocycles. The van der Waals surface area contributed by atoms with E-state index in [1.54, 1.807) is 47.9 Å². The lowest BCUT2D eigenvalue weighted by Crippen LogP contribution is -2.69. The van der Waals surface area contributed by atoms with Crippen molar-refractivity contribution in [3.63, 3.8) is 0 Å². The number of nitrogens with one attached hydrogen (secondary N) is 2. The summed E-state index contributed by atoms with van der Waals surface area (Å²) in [5, 5.41) is 3.29. The van der Waals surface area contributed by atoms with Gasteiger partial charge in [-0.1, -0.05) is 43.7 Å². The van der Waals surface area contributed by atoms with Gasteiger partial charge in [0, 0.05) is 6.42 Å². The molecule has 0 saturated carbocycles. The second kappa shape index (κ2) is 7.12. The van der Waals surface area contributed by atoms with E-state index >= 15 is 0 Å². The van der Waals surface area contributed by atoms with E-state index in [2.05, 4.69) is 0 Å². The number of rotatable bonds is 6. The van der Waals surface area contributed by atoms with Crippen molar-refractivity contribution in [2.45, 2.75) is 44.6 Å². The van der Waals surface area contributed by atoms with Crippen LogP contribution < -0.4 is 10.6 Å². The van der Waals surface area contributed by atoms with Crippen molar-refractivity contribution in [2.24, 2.45) is 0 Å². The third-order valence-electron chi connectivity index (χ3n) is 3.80. The summed E-state index contributed by atoms with van der Waals surface area (Å²) >= 11 is 0. The van der Waals surface area contributed by atoms with Crippen LogP contribution in [0.4, 0.5) is 18.0 Å². The van der Waals surface area contributed by atoms with Gasteiger partial charge in [-0.15, -0.1) is 0 Å². The number of alkyl halides is 3. The van der Waals surface area contributed by atoms with Crippen molar-refractivity contribution in [2.75, 3.05) is 0 Å². The van der Waals surface area contributed by atoms with E-state index in [-0.39, 0.29) is 13.0 Å². The number of halogens is 3. The molecule has 2 rings (SSSR count). The quantitative estimate of drug-likeness (QED) is 0.767. The first-order chi connectivity index (χ1) is 11.7. The topological polar surface area (TPSA) is 78.5 Å². The van der Waals surface area contributed by atoms with Crippen LogP contribution in [-0.2, 0) is 16.1 Å². The predicted molar refractivity (Wildman–Crippen MR) is 82.0 cm³/mol. The molecule has 2 N–H and O–H groups in total. The van der Waals surface area contributed by atoms with Gasteiger partial charge in [0.1, 0.15) is 0 Å². The molecule has 0 aliphatic carbocycles. The third-order valence-corrected chi connectivity index (χ3v) is 3.80. The molecular formula is C16H18F3N3O3. The fraction of sp³-hybridized carbons (Fsp3) is 0.438. The van der Waals surface area contributed by atoms with E-state index in [1.807, 2.05) is 0 Å². The van der Waals surface area contributed by atoms with Gasteiger partial charge in [0.25, 0.3) is 11.6 Å². The van der Waals surface area contributed by atoms with E-state index in [4.69, 9.17) is 0 Å². The Kier molecular flexibility index (Phi) is 5.34. The van der Waals surface area contributed by atoms with Crippen LogP contribution >= 0.6 is 0 Å². The zero-order chi connectivity index (χ0) is 18.7. The first kappa shape index (κ1) is 18.8. The number of amides is 4. The number of carbonyl (C=O) groups excluding carboxylic acids is 3. The van der Waals surface area contributed by atoms with Crippen LogP contribution in [0.2, 0.25) is 0 Å². The van der Waals surface area contributed by atoms with E-state index in [0.717, 1.165) is 0 Å². The Hall–Kier alpha value is -2.58. The normalized spacial score (nSPS) is 20.6. The summed E-state index contributed by atoms with van der Waals surface area (Å²) in [5.41, 5.74) is -2.94. The Balaban J connectivity index is 2.27. The minimum absolute atomic E-state index is 0.170. The zero-order valence-corrected chi connectivity index (χ0v) is 13.5. The Labute approximate surface area is 142 Å². The van der Waals surface area contributed by atoms with Crippen molar-refractivity contribution in [3.8, 4) is 0 Å². The van der Waals surface area contributed by atoms with Crippen molar-refractivity contribution in [3.05, 3.63) is 35.9 Å². The highest BCUT2D eigenvalue weighted by atomic mass is 19.4. The van der Waals surface area contributed by atoms with Crippen LogP contribution in [0, 0.1) is 0 Å². The van der Waals surface area contributed by atoms with Crippen LogP contribution in [0.25, 0.3) is 0 Å². The molecule has 0 bridgehead atoms. The molecule has 9 heteroatoms. The van der Waals surface area contributed by atoms with Crippen LogP contribution in [0.3, 0.4) is 0 Å². The van der Waals surface area contributed by atoms with Gasteiger partial charge < -0.3 is 5.32 Å². The minimum Gasteiger partial charge on any atom is -0.318 e. The third kappa shape index (κ3) is 3.75. The summed E-state index contributed by atoms with van der Waals surface area (Å²) in [7, 11) is 0. The Morgan fingerprint density at radius 3 is 2.44 bits per heavy atom. The fourth-order valence-electron chi connectivity index (χ4n) is 2.44. The smallest absolute Gasteiger partial charge is 0.318 e. The zero-order valence-electron chi connectivity index (χ0n) is 13.5. The van der Waals surface area contributed by atoms with E-state index in [9.17, 15) is 27.6 Å². The molecule has 136 valence electrons. The van der Waals surface area contributed by atoms with Gasteiger partial charge in [-0.2, -0.15) is 13.2 Å². The number of urea groups is 1. The maximum atomic E-state index is 13.6. The van der Waals surface area contributed by atoms with Crippen molar-refractivity contribution >= 4 is 17.8 Å². The molecule has 0 unspecified atom stereocenters. The number of imide groups is 1. The molecule has 25 heavy (non-hydrogen) atoms. The Morgan fingerprint density at radius 1 is 1.24 bits per heavy atom. The van der Waals surface area contributed by atoms with Gasteiger partial charge in [0.2, 0.25) is 5.91 Å². The van der Waals surface area contributed by atoms with Gasteiger partial charge in [0.05, 0.1) is 6.54 Å². The summed E-state index contributed by atoms with van der Waals surface area (Å²) in [6, 6.07) is 6.92. The van der Waals surface area contributed by atoms with Crippen LogP contribution in [0.15, 0.2) is 30.3 Å². The molecule has 6 nitrogen and oxygen atoms in total. The molecule has 0 radical (unpaired) electrons. The minimum atomic E-state index is -5.17. The van der Waals surface area contributed by atoms with Gasteiger partial charge >= 0.3 is 12.2 Å². The van der Waals surface area contributed by atoms with Crippen LogP contribution in [0.1, 0.15) is 31.7 Å².